The topological polar surface area (TPSA) is 99.3 Å². The first-order valence-electron chi connectivity index (χ1n) is 7.30. The normalized spacial score (nSPS) is 11.2. The van der Waals surface area contributed by atoms with Gasteiger partial charge in [0.25, 0.3) is 5.56 Å². The minimum atomic E-state index is -0.267. The van der Waals surface area contributed by atoms with Crippen molar-refractivity contribution in [3.63, 3.8) is 0 Å². The van der Waals surface area contributed by atoms with Crippen LogP contribution in [0.15, 0.2) is 51.9 Å². The predicted molar refractivity (Wildman–Crippen MR) is 90.1 cm³/mol. The molecule has 3 heterocycles. The van der Waals surface area contributed by atoms with Gasteiger partial charge in [0.1, 0.15) is 16.5 Å². The van der Waals surface area contributed by atoms with Gasteiger partial charge in [-0.05, 0) is 29.8 Å². The van der Waals surface area contributed by atoms with Gasteiger partial charge in [0, 0.05) is 12.1 Å². The maximum atomic E-state index is 12.5. The Bertz CT molecular complexity index is 1030. The molecule has 0 spiro atoms. The average molecular weight is 339 g/mol. The Kier molecular flexibility index (Phi) is 3.58. The van der Waals surface area contributed by atoms with Gasteiger partial charge in [-0.2, -0.15) is 9.61 Å². The van der Waals surface area contributed by atoms with E-state index in [4.69, 9.17) is 10.2 Å². The number of anilines is 1. The maximum Gasteiger partial charge on any atom is 0.297 e. The van der Waals surface area contributed by atoms with Crippen molar-refractivity contribution in [1.29, 1.82) is 0 Å². The first kappa shape index (κ1) is 14.6. The Hall–Kier alpha value is -3.00. The smallest absolute Gasteiger partial charge is 0.297 e. The third-order valence-corrected chi connectivity index (χ3v) is 4.45. The SMILES string of the molecule is Nc1ccc(Cc2nn3c(=O)c(Cc4ccco4)nnc3s2)cc1. The summed E-state index contributed by atoms with van der Waals surface area (Å²) in [5, 5.41) is 13.3. The van der Waals surface area contributed by atoms with E-state index in [2.05, 4.69) is 15.3 Å². The molecule has 2 N–H and O–H groups in total. The van der Waals surface area contributed by atoms with E-state index >= 15 is 0 Å². The van der Waals surface area contributed by atoms with E-state index in [1.165, 1.54) is 15.9 Å². The maximum absolute atomic E-state index is 12.5. The van der Waals surface area contributed by atoms with Crippen molar-refractivity contribution in [3.05, 3.63) is 75.0 Å². The molecule has 4 rings (SSSR count). The molecule has 0 bridgehead atoms. The Labute approximate surface area is 140 Å². The molecule has 0 amide bonds. The molecule has 120 valence electrons. The Morgan fingerprint density at radius 1 is 1.12 bits per heavy atom. The fraction of sp³-hybridized carbons (Fsp3) is 0.125. The summed E-state index contributed by atoms with van der Waals surface area (Å²) in [6.45, 7) is 0. The number of benzene rings is 1. The molecule has 1 aromatic carbocycles. The van der Waals surface area contributed by atoms with Gasteiger partial charge in [0.05, 0.1) is 12.7 Å². The van der Waals surface area contributed by atoms with Gasteiger partial charge in [0.15, 0.2) is 0 Å². The minimum absolute atomic E-state index is 0.267. The summed E-state index contributed by atoms with van der Waals surface area (Å²) < 4.78 is 6.56. The second kappa shape index (κ2) is 5.89. The van der Waals surface area contributed by atoms with E-state index in [0.29, 0.717) is 34.9 Å². The third-order valence-electron chi connectivity index (χ3n) is 3.55. The highest BCUT2D eigenvalue weighted by atomic mass is 32.1. The molecule has 8 heteroatoms. The monoisotopic (exact) mass is 339 g/mol. The van der Waals surface area contributed by atoms with Crippen LogP contribution in [0, 0.1) is 0 Å². The first-order valence-corrected chi connectivity index (χ1v) is 8.12. The number of nitrogens with two attached hydrogens (primary N) is 1. The quantitative estimate of drug-likeness (QED) is 0.570. The zero-order valence-electron chi connectivity index (χ0n) is 12.5. The van der Waals surface area contributed by atoms with Gasteiger partial charge in [-0.15, -0.1) is 10.2 Å². The minimum Gasteiger partial charge on any atom is -0.469 e. The molecule has 0 saturated carbocycles. The van der Waals surface area contributed by atoms with E-state index in [1.54, 1.807) is 18.4 Å². The number of nitrogen functional groups attached to an aromatic ring is 1. The van der Waals surface area contributed by atoms with Crippen molar-refractivity contribution in [1.82, 2.24) is 19.8 Å². The van der Waals surface area contributed by atoms with Crippen LogP contribution in [0.4, 0.5) is 5.69 Å². The fourth-order valence-electron chi connectivity index (χ4n) is 2.36. The molecule has 0 atom stereocenters. The summed E-state index contributed by atoms with van der Waals surface area (Å²) in [7, 11) is 0. The summed E-state index contributed by atoms with van der Waals surface area (Å²) in [5.41, 5.74) is 7.52. The van der Waals surface area contributed by atoms with Crippen LogP contribution in [-0.2, 0) is 12.8 Å². The average Bonchev–Trinajstić information content (AvgIpc) is 3.22. The van der Waals surface area contributed by atoms with E-state index < -0.39 is 0 Å². The van der Waals surface area contributed by atoms with Crippen molar-refractivity contribution < 1.29 is 4.42 Å². The van der Waals surface area contributed by atoms with E-state index in [0.717, 1.165) is 10.6 Å². The number of furan rings is 1. The lowest BCUT2D eigenvalue weighted by molar-refractivity contribution is 0.516. The molecular weight excluding hydrogens is 326 g/mol. The van der Waals surface area contributed by atoms with Gasteiger partial charge in [-0.25, -0.2) is 0 Å². The highest BCUT2D eigenvalue weighted by molar-refractivity contribution is 7.16. The van der Waals surface area contributed by atoms with Crippen LogP contribution in [0.25, 0.3) is 4.96 Å². The van der Waals surface area contributed by atoms with E-state index in [-0.39, 0.29) is 5.56 Å². The van der Waals surface area contributed by atoms with Crippen LogP contribution in [-0.4, -0.2) is 19.8 Å². The summed E-state index contributed by atoms with van der Waals surface area (Å²) in [6, 6.07) is 11.1. The number of rotatable bonds is 4. The standard InChI is InChI=1S/C16H13N5O2S/c17-11-5-3-10(4-6-11)8-14-20-21-15(22)13(18-19-16(21)24-14)9-12-2-1-7-23-12/h1-7H,8-9,17H2. The van der Waals surface area contributed by atoms with Crippen molar-refractivity contribution in [3.8, 4) is 0 Å². The summed E-state index contributed by atoms with van der Waals surface area (Å²) in [6.07, 6.45) is 2.47. The highest BCUT2D eigenvalue weighted by Crippen LogP contribution is 2.16. The molecule has 0 fully saturated rings. The number of fused-ring (bicyclic) bond motifs is 1. The Morgan fingerprint density at radius 2 is 1.96 bits per heavy atom. The van der Waals surface area contributed by atoms with Crippen LogP contribution < -0.4 is 11.3 Å². The van der Waals surface area contributed by atoms with Gasteiger partial charge in [-0.1, -0.05) is 23.5 Å². The molecule has 0 aliphatic rings. The predicted octanol–water partition coefficient (Wildman–Crippen LogP) is 1.90. The van der Waals surface area contributed by atoms with E-state index in [1.807, 2.05) is 24.3 Å². The zero-order chi connectivity index (χ0) is 16.5. The van der Waals surface area contributed by atoms with Crippen LogP contribution >= 0.6 is 11.3 Å². The number of hydrogen-bond acceptors (Lipinski definition) is 7. The number of aromatic nitrogens is 4. The molecule has 0 aliphatic carbocycles. The summed E-state index contributed by atoms with van der Waals surface area (Å²) in [5.74, 6) is 0.665. The lowest BCUT2D eigenvalue weighted by Crippen LogP contribution is -2.22. The fourth-order valence-corrected chi connectivity index (χ4v) is 3.22. The number of nitrogens with zero attached hydrogens (tertiary/aromatic N) is 4. The van der Waals surface area contributed by atoms with Crippen LogP contribution in [0.2, 0.25) is 0 Å². The molecule has 7 nitrogen and oxygen atoms in total. The zero-order valence-corrected chi connectivity index (χ0v) is 13.4. The molecule has 24 heavy (non-hydrogen) atoms. The van der Waals surface area contributed by atoms with Crippen LogP contribution in [0.3, 0.4) is 0 Å². The highest BCUT2D eigenvalue weighted by Gasteiger charge is 2.13. The second-order valence-electron chi connectivity index (χ2n) is 5.32. The molecule has 0 unspecified atom stereocenters. The molecule has 0 radical (unpaired) electrons. The molecule has 4 aromatic rings. The molecule has 0 aliphatic heterocycles. The Morgan fingerprint density at radius 3 is 2.71 bits per heavy atom. The second-order valence-corrected chi connectivity index (χ2v) is 6.36. The van der Waals surface area contributed by atoms with Crippen molar-refractivity contribution >= 4 is 22.0 Å². The van der Waals surface area contributed by atoms with Gasteiger partial charge < -0.3 is 10.2 Å². The summed E-state index contributed by atoms with van der Waals surface area (Å²) >= 11 is 1.35. The first-order chi connectivity index (χ1) is 11.7. The lowest BCUT2D eigenvalue weighted by Gasteiger charge is -1.97. The Balaban J connectivity index is 1.66. The number of hydrogen-bond donors (Lipinski definition) is 1. The lowest BCUT2D eigenvalue weighted by atomic mass is 10.1. The van der Waals surface area contributed by atoms with Crippen molar-refractivity contribution in [2.45, 2.75) is 12.8 Å². The van der Waals surface area contributed by atoms with E-state index in [9.17, 15) is 4.79 Å². The molecule has 0 saturated heterocycles. The van der Waals surface area contributed by atoms with Gasteiger partial charge in [0.2, 0.25) is 4.96 Å². The van der Waals surface area contributed by atoms with Gasteiger partial charge >= 0.3 is 0 Å². The van der Waals surface area contributed by atoms with Crippen molar-refractivity contribution in [2.75, 3.05) is 5.73 Å². The molecule has 3 aromatic heterocycles. The summed E-state index contributed by atoms with van der Waals surface area (Å²) in [4.78, 5) is 13.0. The van der Waals surface area contributed by atoms with Gasteiger partial charge in [-0.3, -0.25) is 4.79 Å². The van der Waals surface area contributed by atoms with Crippen LogP contribution in [0.5, 0.6) is 0 Å². The van der Waals surface area contributed by atoms with Crippen molar-refractivity contribution in [2.24, 2.45) is 0 Å². The molecular formula is C16H13N5O2S. The largest absolute Gasteiger partial charge is 0.469 e. The van der Waals surface area contributed by atoms with Crippen LogP contribution in [0.1, 0.15) is 22.0 Å². The third kappa shape index (κ3) is 2.79.